The number of hydrogen-bond donors (Lipinski definition) is 0. The van der Waals surface area contributed by atoms with Crippen LogP contribution in [-0.2, 0) is 17.9 Å². The molecule has 1 aliphatic carbocycles. The monoisotopic (exact) mass is 339 g/mol. The van der Waals surface area contributed by atoms with Crippen molar-refractivity contribution in [3.05, 3.63) is 53.9 Å². The first kappa shape index (κ1) is 16.3. The maximum Gasteiger partial charge on any atom is 0.257 e. The Balaban J connectivity index is 1.29. The molecule has 1 amide bonds. The molecule has 5 heteroatoms. The van der Waals surface area contributed by atoms with Crippen LogP contribution in [0, 0.1) is 11.8 Å². The average Bonchev–Trinajstić information content (AvgIpc) is 3.34. The number of aromatic nitrogens is 2. The Labute approximate surface area is 148 Å². The Kier molecular flexibility index (Phi) is 4.57. The summed E-state index contributed by atoms with van der Waals surface area (Å²) in [6.45, 7) is 5.21. The summed E-state index contributed by atoms with van der Waals surface area (Å²) in [6, 6.07) is 10.3. The van der Waals surface area contributed by atoms with Crippen LogP contribution in [0.3, 0.4) is 0 Å². The highest BCUT2D eigenvalue weighted by Crippen LogP contribution is 2.40. The SMILES string of the molecule is CCn1cc(C(=O)N2C[C@H]3CC(OCc4ccccc4)C[C@H]3C2)cn1. The number of ether oxygens (including phenoxy) is 1. The van der Waals surface area contributed by atoms with Crippen LogP contribution in [0.15, 0.2) is 42.7 Å². The molecule has 132 valence electrons. The van der Waals surface area contributed by atoms with Crippen molar-refractivity contribution in [2.45, 2.75) is 39.0 Å². The van der Waals surface area contributed by atoms with Crippen LogP contribution >= 0.6 is 0 Å². The highest BCUT2D eigenvalue weighted by atomic mass is 16.5. The van der Waals surface area contributed by atoms with Crippen molar-refractivity contribution in [3.8, 4) is 0 Å². The zero-order chi connectivity index (χ0) is 17.2. The van der Waals surface area contributed by atoms with E-state index in [4.69, 9.17) is 4.74 Å². The average molecular weight is 339 g/mol. The Morgan fingerprint density at radius 1 is 1.20 bits per heavy atom. The highest BCUT2D eigenvalue weighted by Gasteiger charge is 2.43. The van der Waals surface area contributed by atoms with Gasteiger partial charge in [0.15, 0.2) is 0 Å². The molecule has 4 rings (SSSR count). The number of nitrogens with zero attached hydrogens (tertiary/aromatic N) is 3. The molecule has 1 saturated heterocycles. The minimum Gasteiger partial charge on any atom is -0.374 e. The number of benzene rings is 1. The lowest BCUT2D eigenvalue weighted by Gasteiger charge is -2.19. The lowest BCUT2D eigenvalue weighted by Crippen LogP contribution is -2.30. The summed E-state index contributed by atoms with van der Waals surface area (Å²) in [4.78, 5) is 14.6. The fraction of sp³-hybridized carbons (Fsp3) is 0.500. The van der Waals surface area contributed by atoms with Crippen LogP contribution in [0.4, 0.5) is 0 Å². The number of amides is 1. The van der Waals surface area contributed by atoms with Gasteiger partial charge in [-0.3, -0.25) is 9.48 Å². The van der Waals surface area contributed by atoms with Crippen LogP contribution in [0.1, 0.15) is 35.7 Å². The van der Waals surface area contributed by atoms with E-state index in [9.17, 15) is 4.79 Å². The van der Waals surface area contributed by atoms with Crippen molar-refractivity contribution in [2.24, 2.45) is 11.8 Å². The molecule has 25 heavy (non-hydrogen) atoms. The van der Waals surface area contributed by atoms with E-state index in [1.165, 1.54) is 5.56 Å². The third-order valence-electron chi connectivity index (χ3n) is 5.53. The molecule has 1 aromatic carbocycles. The number of hydrogen-bond acceptors (Lipinski definition) is 3. The number of likely N-dealkylation sites (tertiary alicyclic amines) is 1. The predicted octanol–water partition coefficient (Wildman–Crippen LogP) is 2.97. The summed E-state index contributed by atoms with van der Waals surface area (Å²) in [5.41, 5.74) is 1.93. The van der Waals surface area contributed by atoms with Crippen molar-refractivity contribution in [3.63, 3.8) is 0 Å². The van der Waals surface area contributed by atoms with E-state index in [2.05, 4.69) is 17.2 Å². The number of carbonyl (C=O) groups excluding carboxylic acids is 1. The van der Waals surface area contributed by atoms with Gasteiger partial charge in [0.2, 0.25) is 0 Å². The van der Waals surface area contributed by atoms with Gasteiger partial charge in [0, 0.05) is 25.8 Å². The highest BCUT2D eigenvalue weighted by molar-refractivity contribution is 5.93. The number of fused-ring (bicyclic) bond motifs is 1. The third kappa shape index (κ3) is 3.47. The van der Waals surface area contributed by atoms with Gasteiger partial charge >= 0.3 is 0 Å². The second-order valence-corrected chi connectivity index (χ2v) is 7.21. The normalized spacial score (nSPS) is 25.3. The fourth-order valence-corrected chi connectivity index (χ4v) is 4.16. The molecule has 2 fully saturated rings. The van der Waals surface area contributed by atoms with Gasteiger partial charge in [-0.15, -0.1) is 0 Å². The Morgan fingerprint density at radius 3 is 2.56 bits per heavy atom. The molecule has 3 atom stereocenters. The summed E-state index contributed by atoms with van der Waals surface area (Å²) in [5.74, 6) is 1.27. The van der Waals surface area contributed by atoms with Crippen molar-refractivity contribution in [1.29, 1.82) is 0 Å². The predicted molar refractivity (Wildman–Crippen MR) is 95.0 cm³/mol. The van der Waals surface area contributed by atoms with Gasteiger partial charge in [-0.2, -0.15) is 5.10 Å². The van der Waals surface area contributed by atoms with Gasteiger partial charge in [0.25, 0.3) is 5.91 Å². The lowest BCUT2D eigenvalue weighted by atomic mass is 10.0. The Morgan fingerprint density at radius 2 is 1.92 bits per heavy atom. The van der Waals surface area contributed by atoms with Crippen LogP contribution < -0.4 is 0 Å². The van der Waals surface area contributed by atoms with E-state index >= 15 is 0 Å². The van der Waals surface area contributed by atoms with E-state index in [0.717, 1.165) is 32.5 Å². The molecular weight excluding hydrogens is 314 g/mol. The van der Waals surface area contributed by atoms with Gasteiger partial charge in [-0.25, -0.2) is 0 Å². The van der Waals surface area contributed by atoms with E-state index in [-0.39, 0.29) is 5.91 Å². The van der Waals surface area contributed by atoms with Crippen molar-refractivity contribution in [1.82, 2.24) is 14.7 Å². The van der Waals surface area contributed by atoms with Crippen LogP contribution in [0.2, 0.25) is 0 Å². The zero-order valence-electron chi connectivity index (χ0n) is 14.7. The van der Waals surface area contributed by atoms with Crippen molar-refractivity contribution >= 4 is 5.91 Å². The molecule has 2 heterocycles. The summed E-state index contributed by atoms with van der Waals surface area (Å²) in [7, 11) is 0. The summed E-state index contributed by atoms with van der Waals surface area (Å²) in [6.07, 6.45) is 5.99. The lowest BCUT2D eigenvalue weighted by molar-refractivity contribution is 0.0367. The number of aryl methyl sites for hydroxylation is 1. The molecule has 5 nitrogen and oxygen atoms in total. The summed E-state index contributed by atoms with van der Waals surface area (Å²) in [5, 5.41) is 4.21. The second kappa shape index (κ2) is 7.00. The second-order valence-electron chi connectivity index (χ2n) is 7.21. The minimum atomic E-state index is 0.121. The molecule has 0 radical (unpaired) electrons. The van der Waals surface area contributed by atoms with Crippen molar-refractivity contribution < 1.29 is 9.53 Å². The minimum absolute atomic E-state index is 0.121. The van der Waals surface area contributed by atoms with Crippen LogP contribution in [0.5, 0.6) is 0 Å². The molecular formula is C20H25N3O2. The molecule has 1 aliphatic heterocycles. The third-order valence-corrected chi connectivity index (χ3v) is 5.53. The molecule has 0 N–H and O–H groups in total. The van der Waals surface area contributed by atoms with Crippen LogP contribution in [-0.4, -0.2) is 39.8 Å². The van der Waals surface area contributed by atoms with Gasteiger partial charge in [0.05, 0.1) is 24.5 Å². The molecule has 0 spiro atoms. The van der Waals surface area contributed by atoms with E-state index < -0.39 is 0 Å². The number of carbonyl (C=O) groups is 1. The largest absolute Gasteiger partial charge is 0.374 e. The first-order valence-corrected chi connectivity index (χ1v) is 9.20. The quantitative estimate of drug-likeness (QED) is 0.841. The van der Waals surface area contributed by atoms with Gasteiger partial charge in [-0.1, -0.05) is 30.3 Å². The van der Waals surface area contributed by atoms with Gasteiger partial charge in [0.1, 0.15) is 0 Å². The molecule has 1 saturated carbocycles. The smallest absolute Gasteiger partial charge is 0.257 e. The first-order valence-electron chi connectivity index (χ1n) is 9.20. The molecule has 1 aromatic heterocycles. The maximum atomic E-state index is 12.6. The Hall–Kier alpha value is -2.14. The number of rotatable bonds is 5. The van der Waals surface area contributed by atoms with Crippen molar-refractivity contribution in [2.75, 3.05) is 13.1 Å². The molecule has 2 aliphatic rings. The molecule has 2 aromatic rings. The summed E-state index contributed by atoms with van der Waals surface area (Å²) < 4.78 is 7.91. The van der Waals surface area contributed by atoms with E-state index in [1.54, 1.807) is 10.9 Å². The van der Waals surface area contributed by atoms with Gasteiger partial charge in [-0.05, 0) is 37.2 Å². The van der Waals surface area contributed by atoms with E-state index in [0.29, 0.717) is 30.1 Å². The topological polar surface area (TPSA) is 47.4 Å². The van der Waals surface area contributed by atoms with Gasteiger partial charge < -0.3 is 9.64 Å². The van der Waals surface area contributed by atoms with E-state index in [1.807, 2.05) is 36.2 Å². The maximum absolute atomic E-state index is 12.6. The molecule has 1 unspecified atom stereocenters. The molecule has 0 bridgehead atoms. The zero-order valence-corrected chi connectivity index (χ0v) is 14.7. The first-order chi connectivity index (χ1) is 12.2. The standard InChI is InChI=1S/C20H25N3O2/c1-2-23-13-18(10-21-23)20(24)22-11-16-8-19(9-17(16)12-22)25-14-15-6-4-3-5-7-15/h3-7,10,13,16-17,19H,2,8-9,11-12,14H2,1H3/t16-,17+,19?. The fourth-order valence-electron chi connectivity index (χ4n) is 4.16. The summed E-state index contributed by atoms with van der Waals surface area (Å²) >= 11 is 0. The van der Waals surface area contributed by atoms with Crippen LogP contribution in [0.25, 0.3) is 0 Å². The Bertz CT molecular complexity index is 714.